The summed E-state index contributed by atoms with van der Waals surface area (Å²) < 4.78 is 44.0. The number of nitrogens with one attached hydrogen (secondary N) is 2. The zero-order chi connectivity index (χ0) is 29.2. The summed E-state index contributed by atoms with van der Waals surface area (Å²) in [6, 6.07) is 16.0. The van der Waals surface area contributed by atoms with Crippen LogP contribution in [0.4, 0.5) is 18.9 Å². The van der Waals surface area contributed by atoms with Crippen LogP contribution in [0.15, 0.2) is 70.6 Å². The van der Waals surface area contributed by atoms with E-state index >= 15 is 0 Å². The third kappa shape index (κ3) is 5.63. The Morgan fingerprint density at radius 3 is 2.52 bits per heavy atom. The second kappa shape index (κ2) is 11.7. The first-order chi connectivity index (χ1) is 18.9. The number of carbonyl (C=O) groups is 2. The largest absolute Gasteiger partial charge is 0.437 e. The van der Waals surface area contributed by atoms with Crippen LogP contribution >= 0.6 is 34.7 Å². The third-order valence-electron chi connectivity index (χ3n) is 6.71. The quantitative estimate of drug-likeness (QED) is 0.264. The number of benzene rings is 2. The van der Waals surface area contributed by atoms with Gasteiger partial charge in [-0.2, -0.15) is 18.4 Å². The number of hydrogen-bond donors (Lipinski definition) is 3. The second-order valence-electron chi connectivity index (χ2n) is 9.15. The average molecular weight is 606 g/mol. The van der Waals surface area contributed by atoms with E-state index in [9.17, 15) is 33.1 Å². The number of Topliss-reactive ketones (excluding diaryl/α,β-unsaturated/α-hetero) is 1. The fourth-order valence-electron chi connectivity index (χ4n) is 4.53. The molecule has 0 saturated heterocycles. The Morgan fingerprint density at radius 2 is 1.90 bits per heavy atom. The molecule has 0 spiro atoms. The summed E-state index contributed by atoms with van der Waals surface area (Å²) in [5.41, 5.74) is -1.65. The van der Waals surface area contributed by atoms with Crippen molar-refractivity contribution in [2.45, 2.75) is 31.7 Å². The zero-order valence-electron chi connectivity index (χ0n) is 21.2. The van der Waals surface area contributed by atoms with Crippen molar-refractivity contribution in [1.29, 1.82) is 5.26 Å². The van der Waals surface area contributed by atoms with E-state index in [2.05, 4.69) is 5.32 Å². The van der Waals surface area contributed by atoms with Gasteiger partial charge in [-0.15, -0.1) is 11.3 Å². The van der Waals surface area contributed by atoms with Crippen LogP contribution in [0.3, 0.4) is 0 Å². The first-order valence-corrected chi connectivity index (χ1v) is 14.2. The highest BCUT2D eigenvalue weighted by molar-refractivity contribution is 8.03. The average Bonchev–Trinajstić information content (AvgIpc) is 3.44. The summed E-state index contributed by atoms with van der Waals surface area (Å²) in [6.07, 6.45) is -5.35. The molecule has 3 N–H and O–H groups in total. The van der Waals surface area contributed by atoms with E-state index in [1.165, 1.54) is 35.7 Å². The van der Waals surface area contributed by atoms with Gasteiger partial charge in [0.05, 0.1) is 33.2 Å². The lowest BCUT2D eigenvalue weighted by Gasteiger charge is -2.45. The molecular formula is C28H23ClF3N3O3S2. The van der Waals surface area contributed by atoms with E-state index in [4.69, 9.17) is 11.6 Å². The summed E-state index contributed by atoms with van der Waals surface area (Å²) in [4.78, 5) is 26.3. The van der Waals surface area contributed by atoms with E-state index in [0.717, 1.165) is 22.5 Å². The van der Waals surface area contributed by atoms with Crippen molar-refractivity contribution in [2.75, 3.05) is 11.1 Å². The van der Waals surface area contributed by atoms with Gasteiger partial charge in [0.25, 0.3) is 0 Å². The smallest absolute Gasteiger partial charge is 0.363 e. The molecule has 0 saturated carbocycles. The number of ketones is 1. The predicted octanol–water partition coefficient (Wildman–Crippen LogP) is 6.56. The highest BCUT2D eigenvalue weighted by Crippen LogP contribution is 2.52. The van der Waals surface area contributed by atoms with Crippen LogP contribution in [-0.4, -0.2) is 34.5 Å². The van der Waals surface area contributed by atoms with Gasteiger partial charge in [-0.05, 0) is 54.1 Å². The molecule has 1 aliphatic heterocycles. The molecule has 6 nitrogen and oxygen atoms in total. The molecule has 3 aromatic rings. The Hall–Kier alpha value is -3.30. The van der Waals surface area contributed by atoms with Gasteiger partial charge in [-0.25, -0.2) is 0 Å². The Labute approximate surface area is 241 Å². The number of aliphatic hydroxyl groups is 1. The monoisotopic (exact) mass is 605 g/mol. The number of amides is 1. The van der Waals surface area contributed by atoms with Gasteiger partial charge in [0.15, 0.2) is 5.78 Å². The molecule has 0 fully saturated rings. The van der Waals surface area contributed by atoms with Crippen molar-refractivity contribution in [1.82, 2.24) is 5.32 Å². The highest BCUT2D eigenvalue weighted by atomic mass is 35.5. The van der Waals surface area contributed by atoms with E-state index in [1.54, 1.807) is 18.2 Å². The van der Waals surface area contributed by atoms with Crippen LogP contribution in [0.25, 0.3) is 0 Å². The van der Waals surface area contributed by atoms with Gasteiger partial charge in [-0.3, -0.25) is 9.59 Å². The number of halogens is 4. The number of nitriles is 1. The number of allylic oxidation sites excluding steroid dienone is 1. The van der Waals surface area contributed by atoms with Crippen LogP contribution in [0.1, 0.15) is 32.3 Å². The topological polar surface area (TPSA) is 102 Å². The number of nitrogens with zero attached hydrogens (tertiary/aromatic N) is 1. The molecule has 1 aliphatic rings. The van der Waals surface area contributed by atoms with Crippen LogP contribution < -0.4 is 10.6 Å². The third-order valence-corrected chi connectivity index (χ3v) is 8.95. The molecule has 2 aromatic carbocycles. The number of rotatable bonds is 7. The Kier molecular flexibility index (Phi) is 8.66. The Bertz CT molecular complexity index is 1520. The van der Waals surface area contributed by atoms with Crippen molar-refractivity contribution < 1.29 is 27.9 Å². The van der Waals surface area contributed by atoms with Crippen LogP contribution in [0, 0.1) is 31.1 Å². The summed E-state index contributed by atoms with van der Waals surface area (Å²) >= 11 is 7.92. The lowest BCUT2D eigenvalue weighted by molar-refractivity contribution is -0.285. The Morgan fingerprint density at radius 1 is 1.18 bits per heavy atom. The van der Waals surface area contributed by atoms with Gasteiger partial charge in [0, 0.05) is 16.6 Å². The molecule has 0 unspecified atom stereocenters. The van der Waals surface area contributed by atoms with Crippen molar-refractivity contribution in [2.24, 2.45) is 5.92 Å². The number of thiophene rings is 1. The minimum absolute atomic E-state index is 0.0205. The number of hydrogen-bond acceptors (Lipinski definition) is 7. The molecule has 1 amide bonds. The maximum absolute atomic E-state index is 14.7. The van der Waals surface area contributed by atoms with Crippen molar-refractivity contribution in [3.05, 3.63) is 97.2 Å². The molecule has 12 heteroatoms. The van der Waals surface area contributed by atoms with Crippen LogP contribution in [0.5, 0.6) is 0 Å². The standard InChI is InChI=1S/C28H23ClF3N3O3S2/c1-15-7-5-10-20(16(15)2)34-22(36)14-40-26-18(13-33)23(17-8-3-4-9-19(17)29)24(25(37)21-11-6-12-39-21)27(38,35-26)28(30,31)32/h3-12,23-24,35,38H,14H2,1-2H3,(H,34,36)/t23-,24-,27+/m1/s1. The number of carbonyl (C=O) groups excluding carboxylic acids is 2. The molecule has 2 heterocycles. The molecule has 0 radical (unpaired) electrons. The lowest BCUT2D eigenvalue weighted by Crippen LogP contribution is -2.66. The zero-order valence-corrected chi connectivity index (χ0v) is 23.6. The molecule has 40 heavy (non-hydrogen) atoms. The number of alkyl halides is 3. The number of anilines is 1. The second-order valence-corrected chi connectivity index (χ2v) is 11.5. The molecule has 4 rings (SSSR count). The van der Waals surface area contributed by atoms with E-state index < -0.39 is 35.4 Å². The summed E-state index contributed by atoms with van der Waals surface area (Å²) in [5.74, 6) is -5.67. The minimum Gasteiger partial charge on any atom is -0.363 e. The number of thioether (sulfide) groups is 1. The predicted molar refractivity (Wildman–Crippen MR) is 150 cm³/mol. The van der Waals surface area contributed by atoms with Crippen molar-refractivity contribution in [3.8, 4) is 6.07 Å². The maximum Gasteiger partial charge on any atom is 0.437 e. The molecular weight excluding hydrogens is 583 g/mol. The summed E-state index contributed by atoms with van der Waals surface area (Å²) in [5, 5.41) is 27.4. The molecule has 208 valence electrons. The maximum atomic E-state index is 14.7. The summed E-state index contributed by atoms with van der Waals surface area (Å²) in [6.45, 7) is 3.69. The van der Waals surface area contributed by atoms with Gasteiger partial charge >= 0.3 is 6.18 Å². The molecule has 0 bridgehead atoms. The van der Waals surface area contributed by atoms with E-state index in [1.807, 2.05) is 31.3 Å². The van der Waals surface area contributed by atoms with Crippen LogP contribution in [0.2, 0.25) is 5.02 Å². The fourth-order valence-corrected chi connectivity index (χ4v) is 6.40. The normalized spacial score (nSPS) is 20.9. The molecule has 0 aliphatic carbocycles. The first kappa shape index (κ1) is 29.7. The SMILES string of the molecule is Cc1cccc(NC(=O)CSC2=C(C#N)[C@@H](c3ccccc3Cl)[C@H](C(=O)c3cccs3)[C@](O)(C(F)(F)F)N2)c1C. The molecule has 1 aromatic heterocycles. The fraction of sp³-hybridized carbons (Fsp3) is 0.250. The van der Waals surface area contributed by atoms with Crippen LogP contribution in [-0.2, 0) is 4.79 Å². The summed E-state index contributed by atoms with van der Waals surface area (Å²) in [7, 11) is 0. The van der Waals surface area contributed by atoms with Crippen molar-refractivity contribution in [3.63, 3.8) is 0 Å². The number of aryl methyl sites for hydroxylation is 1. The van der Waals surface area contributed by atoms with Gasteiger partial charge in [0.2, 0.25) is 11.6 Å². The van der Waals surface area contributed by atoms with Gasteiger partial charge < -0.3 is 15.7 Å². The molecule has 3 atom stereocenters. The van der Waals surface area contributed by atoms with Crippen molar-refractivity contribution >= 4 is 52.1 Å². The van der Waals surface area contributed by atoms with E-state index in [-0.39, 0.29) is 31.8 Å². The van der Waals surface area contributed by atoms with Gasteiger partial charge in [-0.1, -0.05) is 59.8 Å². The lowest BCUT2D eigenvalue weighted by atomic mass is 9.70. The van der Waals surface area contributed by atoms with E-state index in [0.29, 0.717) is 17.4 Å². The Balaban J connectivity index is 1.80. The minimum atomic E-state index is -5.35. The first-order valence-electron chi connectivity index (χ1n) is 11.9. The van der Waals surface area contributed by atoms with Gasteiger partial charge in [0.1, 0.15) is 0 Å². The highest BCUT2D eigenvalue weighted by Gasteiger charge is 2.66.